The Hall–Kier alpha value is -3.43. The third-order valence-electron chi connectivity index (χ3n) is 3.86. The molecular formula is C18H17F3N6O. The summed E-state index contributed by atoms with van der Waals surface area (Å²) >= 11 is 0. The van der Waals surface area contributed by atoms with Gasteiger partial charge in [-0.1, -0.05) is 18.2 Å². The molecule has 0 bridgehead atoms. The van der Waals surface area contributed by atoms with Crippen LogP contribution in [0, 0.1) is 0 Å². The number of amides is 1. The molecule has 0 fully saturated rings. The van der Waals surface area contributed by atoms with E-state index in [2.05, 4.69) is 25.5 Å². The SMILES string of the molecule is O=C(NCCC(Nc1ccccc1)c1nc(-c2ccncc2)n[nH]1)C(F)(F)F. The van der Waals surface area contributed by atoms with Gasteiger partial charge in [0.25, 0.3) is 0 Å². The zero-order chi connectivity index (χ0) is 20.0. The number of hydrogen-bond donors (Lipinski definition) is 3. The molecule has 0 saturated carbocycles. The standard InChI is InChI=1S/C18H17F3N6O/c19-18(20,21)17(28)23-11-8-14(24-13-4-2-1-3-5-13)16-25-15(26-27-16)12-6-9-22-10-7-12/h1-7,9-10,14,24H,8,11H2,(H,23,28)(H,25,26,27). The van der Waals surface area contributed by atoms with Gasteiger partial charge in [-0.05, 0) is 30.7 Å². The second kappa shape index (κ2) is 8.51. The highest BCUT2D eigenvalue weighted by Gasteiger charge is 2.38. The predicted molar refractivity (Wildman–Crippen MR) is 96.1 cm³/mol. The molecule has 0 saturated heterocycles. The van der Waals surface area contributed by atoms with E-state index in [9.17, 15) is 18.0 Å². The van der Waals surface area contributed by atoms with Crippen molar-refractivity contribution in [2.75, 3.05) is 11.9 Å². The molecule has 1 aromatic carbocycles. The van der Waals surface area contributed by atoms with Gasteiger partial charge in [0.15, 0.2) is 5.82 Å². The van der Waals surface area contributed by atoms with E-state index < -0.39 is 18.1 Å². The molecule has 0 aliphatic rings. The number of carbonyl (C=O) groups is 1. The minimum Gasteiger partial charge on any atom is -0.375 e. The van der Waals surface area contributed by atoms with Crippen LogP contribution in [0.3, 0.4) is 0 Å². The average molecular weight is 390 g/mol. The van der Waals surface area contributed by atoms with E-state index in [1.807, 2.05) is 35.6 Å². The maximum absolute atomic E-state index is 12.4. The van der Waals surface area contributed by atoms with Crippen molar-refractivity contribution < 1.29 is 18.0 Å². The van der Waals surface area contributed by atoms with Gasteiger partial charge in [-0.3, -0.25) is 14.9 Å². The molecular weight excluding hydrogens is 373 g/mol. The zero-order valence-electron chi connectivity index (χ0n) is 14.6. The zero-order valence-corrected chi connectivity index (χ0v) is 14.6. The molecule has 0 aliphatic carbocycles. The Morgan fingerprint density at radius 3 is 2.50 bits per heavy atom. The van der Waals surface area contributed by atoms with Crippen LogP contribution < -0.4 is 10.6 Å². The van der Waals surface area contributed by atoms with Crippen molar-refractivity contribution in [1.82, 2.24) is 25.5 Å². The molecule has 146 valence electrons. The topological polar surface area (TPSA) is 95.6 Å². The summed E-state index contributed by atoms with van der Waals surface area (Å²) in [6.45, 7) is -0.186. The third kappa shape index (κ3) is 5.06. The van der Waals surface area contributed by atoms with E-state index in [-0.39, 0.29) is 13.0 Å². The molecule has 3 rings (SSSR count). The van der Waals surface area contributed by atoms with Crippen molar-refractivity contribution in [2.45, 2.75) is 18.6 Å². The maximum Gasteiger partial charge on any atom is 0.471 e. The van der Waals surface area contributed by atoms with Gasteiger partial charge in [0.05, 0.1) is 6.04 Å². The first-order valence-corrected chi connectivity index (χ1v) is 8.43. The Bertz CT molecular complexity index is 898. The number of aromatic nitrogens is 4. The number of rotatable bonds is 7. The number of pyridine rings is 1. The largest absolute Gasteiger partial charge is 0.471 e. The summed E-state index contributed by atoms with van der Waals surface area (Å²) in [5.74, 6) is -1.09. The lowest BCUT2D eigenvalue weighted by atomic mass is 10.1. The van der Waals surface area contributed by atoms with Gasteiger partial charge in [-0.25, -0.2) is 4.98 Å². The van der Waals surface area contributed by atoms with Crippen LogP contribution in [0.2, 0.25) is 0 Å². The summed E-state index contributed by atoms with van der Waals surface area (Å²) in [4.78, 5) is 19.4. The second-order valence-electron chi connectivity index (χ2n) is 5.89. The monoisotopic (exact) mass is 390 g/mol. The summed E-state index contributed by atoms with van der Waals surface area (Å²) in [6.07, 6.45) is -1.53. The first kappa shape index (κ1) is 19.3. The molecule has 2 heterocycles. The summed E-state index contributed by atoms with van der Waals surface area (Å²) in [6, 6.07) is 12.1. The van der Waals surface area contributed by atoms with Crippen LogP contribution in [0.4, 0.5) is 18.9 Å². The molecule has 7 nitrogen and oxygen atoms in total. The number of nitrogens with zero attached hydrogens (tertiary/aromatic N) is 3. The van der Waals surface area contributed by atoms with Crippen LogP contribution in [0.25, 0.3) is 11.4 Å². The van der Waals surface area contributed by atoms with E-state index in [0.29, 0.717) is 11.6 Å². The number of anilines is 1. The molecule has 0 spiro atoms. The van der Waals surface area contributed by atoms with E-state index in [1.165, 1.54) is 0 Å². The minimum absolute atomic E-state index is 0.168. The number of hydrogen-bond acceptors (Lipinski definition) is 5. The fourth-order valence-electron chi connectivity index (χ4n) is 2.50. The number of alkyl halides is 3. The predicted octanol–water partition coefficient (Wildman–Crippen LogP) is 3.09. The number of H-pyrrole nitrogens is 1. The normalized spacial score (nSPS) is 12.4. The molecule has 1 amide bonds. The maximum atomic E-state index is 12.4. The Balaban J connectivity index is 1.74. The Morgan fingerprint density at radius 2 is 1.82 bits per heavy atom. The van der Waals surface area contributed by atoms with Gasteiger partial charge in [0.1, 0.15) is 5.82 Å². The highest BCUT2D eigenvalue weighted by molar-refractivity contribution is 5.81. The number of halogens is 3. The summed E-state index contributed by atoms with van der Waals surface area (Å²) in [7, 11) is 0. The lowest BCUT2D eigenvalue weighted by Crippen LogP contribution is -2.38. The molecule has 3 N–H and O–H groups in total. The van der Waals surface area contributed by atoms with Gasteiger partial charge >= 0.3 is 12.1 Å². The summed E-state index contributed by atoms with van der Waals surface area (Å²) in [5, 5.41) is 12.0. The molecule has 28 heavy (non-hydrogen) atoms. The van der Waals surface area contributed by atoms with Crippen molar-refractivity contribution in [3.8, 4) is 11.4 Å². The van der Waals surface area contributed by atoms with Crippen LogP contribution in [-0.4, -0.2) is 38.8 Å². The van der Waals surface area contributed by atoms with E-state index in [4.69, 9.17) is 0 Å². The molecule has 2 aromatic heterocycles. The van der Waals surface area contributed by atoms with Crippen LogP contribution in [0.1, 0.15) is 18.3 Å². The van der Waals surface area contributed by atoms with E-state index >= 15 is 0 Å². The smallest absolute Gasteiger partial charge is 0.375 e. The number of para-hydroxylation sites is 1. The van der Waals surface area contributed by atoms with Gasteiger partial charge in [0, 0.05) is 30.2 Å². The van der Waals surface area contributed by atoms with Gasteiger partial charge in [-0.15, -0.1) is 0 Å². The minimum atomic E-state index is -4.91. The Kier molecular flexibility index (Phi) is 5.87. The van der Waals surface area contributed by atoms with Gasteiger partial charge in [-0.2, -0.15) is 18.3 Å². The number of nitrogens with one attached hydrogen (secondary N) is 3. The molecule has 0 aliphatic heterocycles. The van der Waals surface area contributed by atoms with Crippen LogP contribution in [-0.2, 0) is 4.79 Å². The molecule has 1 atom stereocenters. The van der Waals surface area contributed by atoms with Gasteiger partial charge in [0.2, 0.25) is 0 Å². The number of aromatic amines is 1. The summed E-state index contributed by atoms with van der Waals surface area (Å²) < 4.78 is 37.1. The highest BCUT2D eigenvalue weighted by atomic mass is 19.4. The third-order valence-corrected chi connectivity index (χ3v) is 3.86. The van der Waals surface area contributed by atoms with Gasteiger partial charge < -0.3 is 10.6 Å². The van der Waals surface area contributed by atoms with E-state index in [0.717, 1.165) is 11.3 Å². The van der Waals surface area contributed by atoms with Crippen molar-refractivity contribution in [2.24, 2.45) is 0 Å². The lowest BCUT2D eigenvalue weighted by molar-refractivity contribution is -0.173. The van der Waals surface area contributed by atoms with Crippen molar-refractivity contribution in [3.05, 3.63) is 60.7 Å². The number of carbonyl (C=O) groups excluding carboxylic acids is 1. The molecule has 10 heteroatoms. The highest BCUT2D eigenvalue weighted by Crippen LogP contribution is 2.22. The number of benzene rings is 1. The average Bonchev–Trinajstić information content (AvgIpc) is 3.18. The van der Waals surface area contributed by atoms with E-state index in [1.54, 1.807) is 24.5 Å². The summed E-state index contributed by atoms with van der Waals surface area (Å²) in [5.41, 5.74) is 1.51. The fraction of sp³-hybridized carbons (Fsp3) is 0.222. The fourth-order valence-corrected chi connectivity index (χ4v) is 2.50. The quantitative estimate of drug-likeness (QED) is 0.576. The van der Waals surface area contributed by atoms with Crippen LogP contribution in [0.15, 0.2) is 54.9 Å². The van der Waals surface area contributed by atoms with Crippen LogP contribution >= 0.6 is 0 Å². The van der Waals surface area contributed by atoms with Crippen molar-refractivity contribution in [1.29, 1.82) is 0 Å². The molecule has 0 radical (unpaired) electrons. The Labute approximate surface area is 158 Å². The molecule has 3 aromatic rings. The van der Waals surface area contributed by atoms with Crippen molar-refractivity contribution in [3.63, 3.8) is 0 Å². The van der Waals surface area contributed by atoms with Crippen LogP contribution in [0.5, 0.6) is 0 Å². The molecule has 1 unspecified atom stereocenters. The first-order valence-electron chi connectivity index (χ1n) is 8.43. The van der Waals surface area contributed by atoms with Crippen molar-refractivity contribution >= 4 is 11.6 Å². The Morgan fingerprint density at radius 1 is 1.11 bits per heavy atom. The second-order valence-corrected chi connectivity index (χ2v) is 5.89. The first-order chi connectivity index (χ1) is 13.4. The lowest BCUT2D eigenvalue weighted by Gasteiger charge is -2.18.